The van der Waals surface area contributed by atoms with Crippen LogP contribution >= 0.6 is 0 Å². The van der Waals surface area contributed by atoms with E-state index < -0.39 is 47.9 Å². The van der Waals surface area contributed by atoms with Gasteiger partial charge in [-0.1, -0.05) is 62.4 Å². The quantitative estimate of drug-likeness (QED) is 0.378. The number of methoxy groups -OCH3 is 1. The first-order chi connectivity index (χ1) is 19.7. The van der Waals surface area contributed by atoms with Crippen molar-refractivity contribution >= 4 is 11.9 Å². The Labute approximate surface area is 240 Å². The summed E-state index contributed by atoms with van der Waals surface area (Å²) >= 11 is 0. The van der Waals surface area contributed by atoms with E-state index in [-0.39, 0.29) is 41.9 Å². The standard InChI is InChI=1S/C33H39NO7/c1-17-15-18(2)33(38)21(16-24(39-4)32(37)40-29(17)20-9-6-5-7-10-20)12-13-22-25-26(27(22)33)28(35)19(3)30(25)41-31(36)23-11-8-14-34-23/h5-15,17,19,21-22,24-30,34-35,38H,16H2,1-4H3/b18-15+/t17-,19-,21-,22?,24+,25+,26?,27+,28-,29+,30-,33+/m1/s1. The minimum absolute atomic E-state index is 0.0956. The Balaban J connectivity index is 1.37. The first-order valence-corrected chi connectivity index (χ1v) is 14.6. The van der Waals surface area contributed by atoms with Gasteiger partial charge in [-0.2, -0.15) is 0 Å². The van der Waals surface area contributed by atoms with Crippen LogP contribution in [-0.2, 0) is 19.0 Å². The number of carbonyl (C=O) groups is 2. The lowest BCUT2D eigenvalue weighted by atomic mass is 9.46. The smallest absolute Gasteiger partial charge is 0.355 e. The number of esters is 2. The molecule has 3 N–H and O–H groups in total. The summed E-state index contributed by atoms with van der Waals surface area (Å²) < 4.78 is 17.7. The van der Waals surface area contributed by atoms with Gasteiger partial charge in [0.15, 0.2) is 6.10 Å². The summed E-state index contributed by atoms with van der Waals surface area (Å²) in [5.74, 6) is -2.66. The maximum absolute atomic E-state index is 13.4. The average Bonchev–Trinajstić information content (AvgIpc) is 3.56. The number of ether oxygens (including phenoxy) is 3. The zero-order valence-electron chi connectivity index (χ0n) is 23.8. The fourth-order valence-corrected chi connectivity index (χ4v) is 8.21. The van der Waals surface area contributed by atoms with E-state index in [0.717, 1.165) is 11.1 Å². The number of carbonyl (C=O) groups excluding carboxylic acids is 2. The molecular weight excluding hydrogens is 522 g/mol. The Morgan fingerprint density at radius 1 is 1.10 bits per heavy atom. The highest BCUT2D eigenvalue weighted by molar-refractivity contribution is 5.87. The Hall–Kier alpha value is -3.20. The van der Waals surface area contributed by atoms with Crippen molar-refractivity contribution in [3.8, 4) is 0 Å². The number of hydrogen-bond acceptors (Lipinski definition) is 7. The molecule has 218 valence electrons. The van der Waals surface area contributed by atoms with Crippen LogP contribution in [0.2, 0.25) is 0 Å². The molecule has 4 aliphatic rings. The third kappa shape index (κ3) is 4.39. The number of H-pyrrole nitrogens is 1. The Morgan fingerprint density at radius 3 is 2.54 bits per heavy atom. The summed E-state index contributed by atoms with van der Waals surface area (Å²) in [6, 6.07) is 13.0. The molecular formula is C33H39NO7. The van der Waals surface area contributed by atoms with Crippen molar-refractivity contribution in [2.75, 3.05) is 7.11 Å². The second-order valence-corrected chi connectivity index (χ2v) is 12.3. The summed E-state index contributed by atoms with van der Waals surface area (Å²) in [5, 5.41) is 24.3. The molecule has 6 rings (SSSR count). The number of aromatic nitrogens is 1. The molecule has 0 spiro atoms. The predicted molar refractivity (Wildman–Crippen MR) is 150 cm³/mol. The zero-order valence-corrected chi connectivity index (χ0v) is 23.8. The summed E-state index contributed by atoms with van der Waals surface area (Å²) in [6.07, 6.45) is 5.34. The van der Waals surface area contributed by atoms with Crippen LogP contribution in [-0.4, -0.2) is 58.2 Å². The third-order valence-electron chi connectivity index (χ3n) is 10.3. The van der Waals surface area contributed by atoms with Crippen LogP contribution in [0.15, 0.2) is 72.5 Å². The fourth-order valence-electron chi connectivity index (χ4n) is 8.21. The zero-order chi connectivity index (χ0) is 29.1. The molecule has 0 radical (unpaired) electrons. The van der Waals surface area contributed by atoms with E-state index in [4.69, 9.17) is 14.2 Å². The molecule has 8 nitrogen and oxygen atoms in total. The molecule has 8 heteroatoms. The van der Waals surface area contributed by atoms with Crippen molar-refractivity contribution in [1.82, 2.24) is 4.98 Å². The predicted octanol–water partition coefficient (Wildman–Crippen LogP) is 4.23. The number of cyclic esters (lactones) is 1. The fraction of sp³-hybridized carbons (Fsp3) is 0.515. The van der Waals surface area contributed by atoms with E-state index in [1.54, 1.807) is 18.3 Å². The molecule has 1 aromatic carbocycles. The highest BCUT2D eigenvalue weighted by atomic mass is 16.6. The van der Waals surface area contributed by atoms with Gasteiger partial charge in [-0.15, -0.1) is 0 Å². The number of rotatable bonds is 4. The number of aromatic amines is 1. The van der Waals surface area contributed by atoms with Crippen LogP contribution in [0.1, 0.15) is 49.3 Å². The maximum atomic E-state index is 13.4. The van der Waals surface area contributed by atoms with Crippen molar-refractivity contribution < 1.29 is 34.0 Å². The van der Waals surface area contributed by atoms with E-state index in [1.165, 1.54) is 7.11 Å². The van der Waals surface area contributed by atoms with Crippen LogP contribution in [0.4, 0.5) is 0 Å². The number of aliphatic hydroxyl groups excluding tert-OH is 1. The van der Waals surface area contributed by atoms with Gasteiger partial charge in [0.2, 0.25) is 0 Å². The van der Waals surface area contributed by atoms with E-state index in [2.05, 4.69) is 11.1 Å². The van der Waals surface area contributed by atoms with Crippen molar-refractivity contribution in [2.45, 2.75) is 57.2 Å². The summed E-state index contributed by atoms with van der Waals surface area (Å²) in [7, 11) is 1.49. The van der Waals surface area contributed by atoms with Crippen molar-refractivity contribution in [3.63, 3.8) is 0 Å². The lowest BCUT2D eigenvalue weighted by molar-refractivity contribution is -0.184. The molecule has 41 heavy (non-hydrogen) atoms. The highest BCUT2D eigenvalue weighted by Gasteiger charge is 2.71. The van der Waals surface area contributed by atoms with Gasteiger partial charge in [-0.25, -0.2) is 9.59 Å². The second kappa shape index (κ2) is 10.6. The molecule has 3 aliphatic carbocycles. The number of fused-ring (bicyclic) bond motifs is 6. The molecule has 2 heterocycles. The summed E-state index contributed by atoms with van der Waals surface area (Å²) in [6.45, 7) is 5.83. The normalized spacial score (nSPS) is 42.9. The van der Waals surface area contributed by atoms with Crippen LogP contribution < -0.4 is 0 Å². The number of benzene rings is 1. The van der Waals surface area contributed by atoms with Gasteiger partial charge >= 0.3 is 11.9 Å². The number of allylic oxidation sites excluding steroid dienone is 1. The Kier molecular flexibility index (Phi) is 7.20. The van der Waals surface area contributed by atoms with Crippen molar-refractivity contribution in [2.24, 2.45) is 41.4 Å². The lowest BCUT2D eigenvalue weighted by Gasteiger charge is -2.61. The Bertz CT molecular complexity index is 1340. The van der Waals surface area contributed by atoms with Crippen molar-refractivity contribution in [3.05, 3.63) is 83.7 Å². The molecule has 12 atom stereocenters. The van der Waals surface area contributed by atoms with Gasteiger partial charge in [0.05, 0.1) is 11.7 Å². The molecule has 2 fully saturated rings. The minimum atomic E-state index is -1.33. The molecule has 2 aromatic rings. The van der Waals surface area contributed by atoms with E-state index >= 15 is 0 Å². The minimum Gasteiger partial charge on any atom is -0.457 e. The number of hydrogen-bond donors (Lipinski definition) is 3. The topological polar surface area (TPSA) is 118 Å². The Morgan fingerprint density at radius 2 is 1.85 bits per heavy atom. The first kappa shape index (κ1) is 27.9. The molecule has 0 saturated heterocycles. The molecule has 0 amide bonds. The van der Waals surface area contributed by atoms with Crippen LogP contribution in [0, 0.1) is 41.4 Å². The van der Waals surface area contributed by atoms with E-state index in [9.17, 15) is 19.8 Å². The van der Waals surface area contributed by atoms with Crippen LogP contribution in [0.25, 0.3) is 0 Å². The average molecular weight is 562 g/mol. The number of aliphatic hydroxyl groups is 2. The maximum Gasteiger partial charge on any atom is 0.355 e. The van der Waals surface area contributed by atoms with Crippen LogP contribution in [0.3, 0.4) is 0 Å². The van der Waals surface area contributed by atoms with Gasteiger partial charge in [-0.3, -0.25) is 0 Å². The third-order valence-corrected chi connectivity index (χ3v) is 10.3. The second-order valence-electron chi connectivity index (χ2n) is 12.3. The summed E-state index contributed by atoms with van der Waals surface area (Å²) in [4.78, 5) is 29.1. The number of nitrogens with one attached hydrogen (secondary N) is 1. The highest BCUT2D eigenvalue weighted by Crippen LogP contribution is 2.66. The largest absolute Gasteiger partial charge is 0.457 e. The lowest BCUT2D eigenvalue weighted by Crippen LogP contribution is -2.65. The molecule has 2 saturated carbocycles. The van der Waals surface area contributed by atoms with E-state index in [0.29, 0.717) is 5.69 Å². The monoisotopic (exact) mass is 561 g/mol. The van der Waals surface area contributed by atoms with E-state index in [1.807, 2.05) is 63.3 Å². The first-order valence-electron chi connectivity index (χ1n) is 14.6. The van der Waals surface area contributed by atoms with Gasteiger partial charge in [0, 0.05) is 42.9 Å². The summed E-state index contributed by atoms with van der Waals surface area (Å²) in [5.41, 5.74) is 0.694. The SMILES string of the molecule is CO[C@H]1C[C@H]2C=CC3[C@H]4C([C@H]3[C@]2(O)/C(C)=C/[C@@H](C)[C@@H](c2ccccc2)OC1=O)[C@H](O)[C@@H](C)[C@H]4OC(=O)c1ccc[nH]1. The molecule has 0 bridgehead atoms. The molecule has 2 unspecified atom stereocenters. The van der Waals surface area contributed by atoms with Gasteiger partial charge in [0.1, 0.15) is 17.9 Å². The van der Waals surface area contributed by atoms with Gasteiger partial charge in [-0.05, 0) is 48.4 Å². The molecule has 1 aliphatic heterocycles. The molecule has 1 aromatic heterocycles. The van der Waals surface area contributed by atoms with Crippen molar-refractivity contribution in [1.29, 1.82) is 0 Å². The van der Waals surface area contributed by atoms with Crippen LogP contribution in [0.5, 0.6) is 0 Å². The van der Waals surface area contributed by atoms with Gasteiger partial charge < -0.3 is 29.4 Å². The van der Waals surface area contributed by atoms with Gasteiger partial charge in [0.25, 0.3) is 0 Å².